The van der Waals surface area contributed by atoms with Crippen molar-refractivity contribution in [2.75, 3.05) is 7.11 Å². The number of carbonyl (C=O) groups excluding carboxylic acids is 1. The van der Waals surface area contributed by atoms with Crippen LogP contribution in [0, 0.1) is 0 Å². The Hall–Kier alpha value is -1.33. The lowest BCUT2D eigenvalue weighted by atomic mass is 9.97. The van der Waals surface area contributed by atoms with Gasteiger partial charge < -0.3 is 9.64 Å². The molecular formula is C20H23Br2NO2. The second-order valence-corrected chi connectivity index (χ2v) is 8.30. The van der Waals surface area contributed by atoms with Crippen LogP contribution in [0.15, 0.2) is 45.3 Å². The van der Waals surface area contributed by atoms with Gasteiger partial charge in [-0.05, 0) is 75.2 Å². The molecule has 0 fully saturated rings. The van der Waals surface area contributed by atoms with Gasteiger partial charge >= 0.3 is 0 Å². The minimum atomic E-state index is 0.0266. The number of amides is 1. The molecule has 0 aliphatic carbocycles. The molecule has 0 saturated heterocycles. The zero-order valence-corrected chi connectivity index (χ0v) is 18.3. The maximum Gasteiger partial charge on any atom is 0.254 e. The number of benzene rings is 2. The third kappa shape index (κ3) is 4.64. The molecule has 2 aromatic carbocycles. The quantitative estimate of drug-likeness (QED) is 0.526. The van der Waals surface area contributed by atoms with Gasteiger partial charge in [-0.25, -0.2) is 0 Å². The van der Waals surface area contributed by atoms with E-state index in [9.17, 15) is 4.79 Å². The van der Waals surface area contributed by atoms with Crippen LogP contribution < -0.4 is 4.74 Å². The van der Waals surface area contributed by atoms with Crippen molar-refractivity contribution in [3.05, 3.63) is 50.9 Å². The number of hydrogen-bond acceptors (Lipinski definition) is 2. The molecule has 0 aromatic heterocycles. The Morgan fingerprint density at radius 3 is 2.00 bits per heavy atom. The Kier molecular flexibility index (Phi) is 6.69. The normalized spacial score (nSPS) is 11.1. The number of methoxy groups -OCH3 is 1. The molecule has 134 valence electrons. The molecule has 0 saturated carbocycles. The van der Waals surface area contributed by atoms with Crippen molar-refractivity contribution in [1.29, 1.82) is 0 Å². The molecule has 1 amide bonds. The molecule has 5 heteroatoms. The Morgan fingerprint density at radius 2 is 1.52 bits per heavy atom. The van der Waals surface area contributed by atoms with Crippen LogP contribution in [0.1, 0.15) is 38.1 Å². The Balaban J connectivity index is 2.64. The van der Waals surface area contributed by atoms with Crippen molar-refractivity contribution in [2.45, 2.75) is 39.8 Å². The molecule has 0 unspecified atom stereocenters. The number of rotatable bonds is 5. The molecule has 0 heterocycles. The van der Waals surface area contributed by atoms with E-state index in [1.54, 1.807) is 7.11 Å². The van der Waals surface area contributed by atoms with Crippen LogP contribution in [0.3, 0.4) is 0 Å². The van der Waals surface area contributed by atoms with Crippen molar-refractivity contribution < 1.29 is 9.53 Å². The first-order valence-corrected chi connectivity index (χ1v) is 9.80. The molecule has 0 spiro atoms. The first-order chi connectivity index (χ1) is 11.7. The van der Waals surface area contributed by atoms with Gasteiger partial charge in [0.1, 0.15) is 5.75 Å². The zero-order chi connectivity index (χ0) is 18.7. The second-order valence-electron chi connectivity index (χ2n) is 6.47. The van der Waals surface area contributed by atoms with E-state index in [0.29, 0.717) is 5.56 Å². The molecular weight excluding hydrogens is 446 g/mol. The van der Waals surface area contributed by atoms with E-state index in [-0.39, 0.29) is 18.0 Å². The van der Waals surface area contributed by atoms with E-state index < -0.39 is 0 Å². The monoisotopic (exact) mass is 467 g/mol. The molecule has 0 atom stereocenters. The van der Waals surface area contributed by atoms with E-state index in [1.165, 1.54) is 0 Å². The highest BCUT2D eigenvalue weighted by Gasteiger charge is 2.24. The van der Waals surface area contributed by atoms with Gasteiger partial charge in [0.25, 0.3) is 5.91 Å². The predicted molar refractivity (Wildman–Crippen MR) is 110 cm³/mol. The molecule has 2 aromatic rings. The van der Waals surface area contributed by atoms with E-state index in [0.717, 1.165) is 25.8 Å². The number of halogens is 2. The summed E-state index contributed by atoms with van der Waals surface area (Å²) in [6, 6.07) is 11.8. The fourth-order valence-electron chi connectivity index (χ4n) is 2.99. The van der Waals surface area contributed by atoms with E-state index in [2.05, 4.69) is 31.9 Å². The number of hydrogen-bond donors (Lipinski definition) is 0. The highest BCUT2D eigenvalue weighted by Crippen LogP contribution is 2.33. The highest BCUT2D eigenvalue weighted by molar-refractivity contribution is 9.11. The first-order valence-electron chi connectivity index (χ1n) is 8.21. The largest absolute Gasteiger partial charge is 0.497 e. The lowest BCUT2D eigenvalue weighted by molar-refractivity contribution is 0.0644. The summed E-state index contributed by atoms with van der Waals surface area (Å²) in [5.74, 6) is 0.752. The van der Waals surface area contributed by atoms with Crippen LogP contribution in [0.4, 0.5) is 0 Å². The average molecular weight is 469 g/mol. The van der Waals surface area contributed by atoms with Gasteiger partial charge in [-0.3, -0.25) is 4.79 Å². The fraction of sp³-hybridized carbons (Fsp3) is 0.350. The van der Waals surface area contributed by atoms with E-state index in [4.69, 9.17) is 4.74 Å². The van der Waals surface area contributed by atoms with E-state index in [1.807, 2.05) is 69.0 Å². The third-order valence-electron chi connectivity index (χ3n) is 3.98. The lowest BCUT2D eigenvalue weighted by Crippen LogP contribution is -2.42. The van der Waals surface area contributed by atoms with Crippen LogP contribution in [0.5, 0.6) is 5.75 Å². The van der Waals surface area contributed by atoms with Gasteiger partial charge in [0.05, 0.1) is 7.11 Å². The smallest absolute Gasteiger partial charge is 0.254 e. The van der Waals surface area contributed by atoms with Gasteiger partial charge in [0.2, 0.25) is 0 Å². The molecule has 0 N–H and O–H groups in total. The Morgan fingerprint density at radius 1 is 0.960 bits per heavy atom. The van der Waals surface area contributed by atoms with Crippen molar-refractivity contribution in [1.82, 2.24) is 4.90 Å². The molecule has 2 rings (SSSR count). The maximum atomic E-state index is 13.3. The summed E-state index contributed by atoms with van der Waals surface area (Å²) >= 11 is 7.05. The predicted octanol–water partition coefficient (Wildman–Crippen LogP) is 6.15. The lowest BCUT2D eigenvalue weighted by Gasteiger charge is -2.31. The maximum absolute atomic E-state index is 13.3. The Labute approximate surface area is 166 Å². The summed E-state index contributed by atoms with van der Waals surface area (Å²) < 4.78 is 7.27. The summed E-state index contributed by atoms with van der Waals surface area (Å²) in [7, 11) is 1.63. The summed E-state index contributed by atoms with van der Waals surface area (Å²) in [5, 5.41) is 0. The van der Waals surface area contributed by atoms with Crippen LogP contribution in [0.25, 0.3) is 11.1 Å². The van der Waals surface area contributed by atoms with Crippen LogP contribution in [0.2, 0.25) is 0 Å². The van der Waals surface area contributed by atoms with Crippen molar-refractivity contribution in [3.8, 4) is 16.9 Å². The standard InChI is InChI=1S/C20H23Br2NO2/c1-12(2)23(13(3)4)20(24)18-7-6-17(25-5)11-19(18)14-8-15(21)10-16(22)9-14/h6-13H,1-5H3. The summed E-state index contributed by atoms with van der Waals surface area (Å²) in [5.41, 5.74) is 2.49. The SMILES string of the molecule is COc1ccc(C(=O)N(C(C)C)C(C)C)c(-c2cc(Br)cc(Br)c2)c1. The topological polar surface area (TPSA) is 29.5 Å². The molecule has 25 heavy (non-hydrogen) atoms. The summed E-state index contributed by atoms with van der Waals surface area (Å²) in [4.78, 5) is 15.2. The first kappa shape index (κ1) is 20.0. The molecule has 0 bridgehead atoms. The van der Waals surface area contributed by atoms with Crippen molar-refractivity contribution in [2.24, 2.45) is 0 Å². The molecule has 0 radical (unpaired) electrons. The molecule has 0 aliphatic rings. The molecule has 3 nitrogen and oxygen atoms in total. The number of carbonyl (C=O) groups is 1. The highest BCUT2D eigenvalue weighted by atomic mass is 79.9. The second kappa shape index (κ2) is 8.37. The number of nitrogens with zero attached hydrogens (tertiary/aromatic N) is 1. The van der Waals surface area contributed by atoms with Gasteiger partial charge in [0, 0.05) is 26.6 Å². The average Bonchev–Trinajstić information content (AvgIpc) is 2.52. The minimum absolute atomic E-state index is 0.0266. The third-order valence-corrected chi connectivity index (χ3v) is 4.89. The number of ether oxygens (including phenoxy) is 1. The van der Waals surface area contributed by atoms with Crippen molar-refractivity contribution >= 4 is 37.8 Å². The van der Waals surface area contributed by atoms with Gasteiger partial charge in [-0.1, -0.05) is 31.9 Å². The van der Waals surface area contributed by atoms with E-state index >= 15 is 0 Å². The van der Waals surface area contributed by atoms with Gasteiger partial charge in [-0.2, -0.15) is 0 Å². The van der Waals surface area contributed by atoms with Crippen LogP contribution >= 0.6 is 31.9 Å². The summed E-state index contributed by atoms with van der Waals surface area (Å²) in [6.45, 7) is 8.15. The summed E-state index contributed by atoms with van der Waals surface area (Å²) in [6.07, 6.45) is 0. The van der Waals surface area contributed by atoms with Crippen LogP contribution in [-0.4, -0.2) is 30.0 Å². The van der Waals surface area contributed by atoms with Crippen molar-refractivity contribution in [3.63, 3.8) is 0 Å². The van der Waals surface area contributed by atoms with Crippen LogP contribution in [-0.2, 0) is 0 Å². The van der Waals surface area contributed by atoms with Gasteiger partial charge in [0.15, 0.2) is 0 Å². The zero-order valence-electron chi connectivity index (χ0n) is 15.1. The Bertz CT molecular complexity index is 744. The minimum Gasteiger partial charge on any atom is -0.497 e. The molecule has 0 aliphatic heterocycles. The van der Waals surface area contributed by atoms with Gasteiger partial charge in [-0.15, -0.1) is 0 Å². The fourth-order valence-corrected chi connectivity index (χ4v) is 4.28.